The lowest BCUT2D eigenvalue weighted by Gasteiger charge is -2.10. The number of nitrogens with zero attached hydrogens (tertiary/aromatic N) is 2. The number of benzene rings is 2. The van der Waals surface area contributed by atoms with Gasteiger partial charge in [-0.15, -0.1) is 0 Å². The largest absolute Gasteiger partial charge is 0.478 e. The molecule has 2 N–H and O–H groups in total. The highest BCUT2D eigenvalue weighted by Crippen LogP contribution is 2.24. The average molecular weight is 399 g/mol. The van der Waals surface area contributed by atoms with Crippen LogP contribution < -0.4 is 5.32 Å². The molecule has 3 rings (SSSR count). The molecular formula is C24H21N3O3. The zero-order valence-corrected chi connectivity index (χ0v) is 16.9. The zero-order valence-electron chi connectivity index (χ0n) is 16.9. The molecule has 0 spiro atoms. The number of carbonyl (C=O) groups excluding carboxylic acids is 1. The van der Waals surface area contributed by atoms with Crippen LogP contribution in [-0.4, -0.2) is 21.6 Å². The van der Waals surface area contributed by atoms with Crippen molar-refractivity contribution in [2.45, 2.75) is 20.8 Å². The van der Waals surface area contributed by atoms with Crippen LogP contribution in [0.5, 0.6) is 0 Å². The number of carboxylic acids is 1. The molecule has 6 heteroatoms. The first-order chi connectivity index (χ1) is 14.3. The van der Waals surface area contributed by atoms with Crippen molar-refractivity contribution in [2.24, 2.45) is 0 Å². The van der Waals surface area contributed by atoms with Gasteiger partial charge in [-0.05, 0) is 62.7 Å². The Balaban J connectivity index is 1.95. The standard InChI is InChI=1S/C24H21N3O3/c1-15-8-10-20(11-9-15)27-16(2)12-18(17(27)3)13-19(14-25)23(28)26-22-7-5-4-6-21(22)24(29)30/h4-13H,1-3H3,(H,26,28)(H,29,30)/b19-13-. The van der Waals surface area contributed by atoms with Crippen LogP contribution in [-0.2, 0) is 4.79 Å². The minimum absolute atomic E-state index is 0.0410. The maximum atomic E-state index is 12.6. The number of rotatable bonds is 5. The summed E-state index contributed by atoms with van der Waals surface area (Å²) in [6, 6.07) is 18.0. The van der Waals surface area contributed by atoms with Crippen LogP contribution >= 0.6 is 0 Å². The van der Waals surface area contributed by atoms with Crippen LogP contribution in [0.1, 0.15) is 32.9 Å². The van der Waals surface area contributed by atoms with Gasteiger partial charge in [0.1, 0.15) is 11.6 Å². The monoisotopic (exact) mass is 399 g/mol. The van der Waals surface area contributed by atoms with Gasteiger partial charge in [0.15, 0.2) is 0 Å². The Hall–Kier alpha value is -4.11. The Kier molecular flexibility index (Phi) is 5.84. The summed E-state index contributed by atoms with van der Waals surface area (Å²) in [4.78, 5) is 24.0. The second-order valence-corrected chi connectivity index (χ2v) is 6.97. The third kappa shape index (κ3) is 4.15. The van der Waals surface area contributed by atoms with E-state index in [1.807, 2.05) is 57.2 Å². The second kappa shape index (κ2) is 8.50. The van der Waals surface area contributed by atoms with E-state index in [-0.39, 0.29) is 16.8 Å². The molecule has 0 unspecified atom stereocenters. The first-order valence-corrected chi connectivity index (χ1v) is 9.33. The molecule has 30 heavy (non-hydrogen) atoms. The molecule has 0 radical (unpaired) electrons. The van der Waals surface area contributed by atoms with Gasteiger partial charge in [-0.2, -0.15) is 5.26 Å². The van der Waals surface area contributed by atoms with Crippen molar-refractivity contribution in [3.05, 3.63) is 88.2 Å². The second-order valence-electron chi connectivity index (χ2n) is 6.97. The van der Waals surface area contributed by atoms with Gasteiger partial charge in [0.25, 0.3) is 5.91 Å². The Morgan fingerprint density at radius 1 is 1.07 bits per heavy atom. The van der Waals surface area contributed by atoms with Crippen LogP contribution in [0.3, 0.4) is 0 Å². The van der Waals surface area contributed by atoms with Gasteiger partial charge in [-0.25, -0.2) is 4.79 Å². The van der Waals surface area contributed by atoms with Gasteiger partial charge in [0.2, 0.25) is 0 Å². The van der Waals surface area contributed by atoms with Gasteiger partial charge in [0.05, 0.1) is 11.3 Å². The van der Waals surface area contributed by atoms with Crippen molar-refractivity contribution in [1.29, 1.82) is 5.26 Å². The fourth-order valence-electron chi connectivity index (χ4n) is 3.30. The average Bonchev–Trinajstić information content (AvgIpc) is 3.00. The first kappa shape index (κ1) is 20.6. The van der Waals surface area contributed by atoms with Crippen LogP contribution in [0.15, 0.2) is 60.2 Å². The zero-order chi connectivity index (χ0) is 21.8. The predicted molar refractivity (Wildman–Crippen MR) is 116 cm³/mol. The predicted octanol–water partition coefficient (Wildman–Crippen LogP) is 4.65. The van der Waals surface area contributed by atoms with E-state index in [1.165, 1.54) is 18.2 Å². The van der Waals surface area contributed by atoms with Crippen molar-refractivity contribution >= 4 is 23.6 Å². The van der Waals surface area contributed by atoms with E-state index in [0.717, 1.165) is 28.2 Å². The van der Waals surface area contributed by atoms with Crippen molar-refractivity contribution in [3.63, 3.8) is 0 Å². The molecule has 1 aromatic heterocycles. The Bertz CT molecular complexity index is 1200. The molecule has 0 saturated heterocycles. The molecular weight excluding hydrogens is 378 g/mol. The normalized spacial score (nSPS) is 11.1. The number of aromatic nitrogens is 1. The molecule has 0 bridgehead atoms. The molecule has 6 nitrogen and oxygen atoms in total. The number of hydrogen-bond acceptors (Lipinski definition) is 3. The van der Waals surface area contributed by atoms with Crippen LogP contribution in [0, 0.1) is 32.1 Å². The number of nitrogens with one attached hydrogen (secondary N) is 1. The van der Waals surface area contributed by atoms with Crippen LogP contribution in [0.2, 0.25) is 0 Å². The van der Waals surface area contributed by atoms with E-state index >= 15 is 0 Å². The topological polar surface area (TPSA) is 95.1 Å². The van der Waals surface area contributed by atoms with Gasteiger partial charge in [-0.3, -0.25) is 4.79 Å². The van der Waals surface area contributed by atoms with E-state index in [2.05, 4.69) is 9.88 Å². The van der Waals surface area contributed by atoms with Crippen molar-refractivity contribution in [2.75, 3.05) is 5.32 Å². The van der Waals surface area contributed by atoms with Crippen molar-refractivity contribution in [3.8, 4) is 11.8 Å². The fourth-order valence-corrected chi connectivity index (χ4v) is 3.30. The van der Waals surface area contributed by atoms with E-state index in [0.29, 0.717) is 0 Å². The molecule has 3 aromatic rings. The summed E-state index contributed by atoms with van der Waals surface area (Å²) in [6.07, 6.45) is 1.52. The van der Waals surface area contributed by atoms with Gasteiger partial charge >= 0.3 is 5.97 Å². The van der Waals surface area contributed by atoms with E-state index in [1.54, 1.807) is 12.1 Å². The molecule has 150 valence electrons. The molecule has 0 fully saturated rings. The Morgan fingerprint density at radius 2 is 1.73 bits per heavy atom. The SMILES string of the molecule is Cc1ccc(-n2c(C)cc(/C=C(/C#N)C(=O)Nc3ccccc3C(=O)O)c2C)cc1. The highest BCUT2D eigenvalue weighted by Gasteiger charge is 2.16. The maximum Gasteiger partial charge on any atom is 0.337 e. The minimum atomic E-state index is -1.16. The molecule has 0 aliphatic heterocycles. The summed E-state index contributed by atoms with van der Waals surface area (Å²) in [5.74, 6) is -1.82. The number of aromatic carboxylic acids is 1. The van der Waals surface area contributed by atoms with Gasteiger partial charge < -0.3 is 15.0 Å². The number of hydrogen-bond donors (Lipinski definition) is 2. The molecule has 2 aromatic carbocycles. The number of anilines is 1. The lowest BCUT2D eigenvalue weighted by Crippen LogP contribution is -2.16. The minimum Gasteiger partial charge on any atom is -0.478 e. The summed E-state index contributed by atoms with van der Waals surface area (Å²) < 4.78 is 2.05. The summed E-state index contributed by atoms with van der Waals surface area (Å²) in [5.41, 5.74) is 4.74. The van der Waals surface area contributed by atoms with E-state index < -0.39 is 11.9 Å². The molecule has 0 atom stereocenters. The first-order valence-electron chi connectivity index (χ1n) is 9.33. The summed E-state index contributed by atoms with van der Waals surface area (Å²) in [5, 5.41) is 21.3. The van der Waals surface area contributed by atoms with Crippen molar-refractivity contribution in [1.82, 2.24) is 4.57 Å². The lowest BCUT2D eigenvalue weighted by molar-refractivity contribution is -0.112. The molecule has 0 aliphatic rings. The van der Waals surface area contributed by atoms with E-state index in [4.69, 9.17) is 0 Å². The smallest absolute Gasteiger partial charge is 0.337 e. The fraction of sp³-hybridized carbons (Fsp3) is 0.125. The highest BCUT2D eigenvalue weighted by atomic mass is 16.4. The Labute approximate surface area is 174 Å². The quantitative estimate of drug-likeness (QED) is 0.482. The molecule has 0 aliphatic carbocycles. The van der Waals surface area contributed by atoms with Crippen LogP contribution in [0.4, 0.5) is 5.69 Å². The van der Waals surface area contributed by atoms with E-state index in [9.17, 15) is 20.0 Å². The number of aryl methyl sites for hydroxylation is 2. The number of carboxylic acid groups (broad SMARTS) is 1. The highest BCUT2D eigenvalue weighted by molar-refractivity contribution is 6.11. The maximum absolute atomic E-state index is 12.6. The summed E-state index contributed by atoms with van der Waals surface area (Å²) in [6.45, 7) is 5.90. The third-order valence-corrected chi connectivity index (χ3v) is 4.83. The van der Waals surface area contributed by atoms with Gasteiger partial charge in [0, 0.05) is 17.1 Å². The van der Waals surface area contributed by atoms with Crippen molar-refractivity contribution < 1.29 is 14.7 Å². The summed E-state index contributed by atoms with van der Waals surface area (Å²) in [7, 11) is 0. The lowest BCUT2D eigenvalue weighted by atomic mass is 10.1. The molecule has 1 amide bonds. The third-order valence-electron chi connectivity index (χ3n) is 4.83. The van der Waals surface area contributed by atoms with Gasteiger partial charge in [-0.1, -0.05) is 29.8 Å². The molecule has 0 saturated carbocycles. The summed E-state index contributed by atoms with van der Waals surface area (Å²) >= 11 is 0. The van der Waals surface area contributed by atoms with Crippen LogP contribution in [0.25, 0.3) is 11.8 Å². The number of para-hydroxylation sites is 1. The molecule has 1 heterocycles. The number of carbonyl (C=O) groups is 2. The Morgan fingerprint density at radius 3 is 2.37 bits per heavy atom. The number of amides is 1. The number of nitriles is 1.